The minimum Gasteiger partial charge on any atom is -0.304 e. The molecule has 0 unspecified atom stereocenters. The number of benzene rings is 2. The molecule has 3 heteroatoms. The lowest BCUT2D eigenvalue weighted by atomic mass is 9.90. The average Bonchev–Trinajstić information content (AvgIpc) is 2.47. The van der Waals surface area contributed by atoms with Crippen molar-refractivity contribution in [3.05, 3.63) is 65.7 Å². The second kappa shape index (κ2) is 4.93. The number of carbonyl (C=O) groups is 2. The maximum absolute atomic E-state index is 12.3. The Kier molecular flexibility index (Phi) is 3.11. The monoisotopic (exact) mass is 265 g/mol. The highest BCUT2D eigenvalue weighted by Crippen LogP contribution is 2.38. The summed E-state index contributed by atoms with van der Waals surface area (Å²) in [5.41, 5.74) is 2.34. The fraction of sp³-hybridized carbons (Fsp3) is 0.176. The van der Waals surface area contributed by atoms with Crippen LogP contribution in [0.1, 0.15) is 35.3 Å². The number of Topliss-reactive ketones (excluding diaryl/α,β-unsaturated/α-hetero) is 1. The van der Waals surface area contributed by atoms with Gasteiger partial charge in [-0.15, -0.1) is 0 Å². The Morgan fingerprint density at radius 3 is 2.40 bits per heavy atom. The molecule has 2 aromatic carbocycles. The van der Waals surface area contributed by atoms with Crippen molar-refractivity contribution >= 4 is 17.4 Å². The zero-order chi connectivity index (χ0) is 14.1. The molecule has 1 atom stereocenters. The number of rotatable bonds is 1. The fourth-order valence-electron chi connectivity index (χ4n) is 2.80. The van der Waals surface area contributed by atoms with Crippen LogP contribution < -0.4 is 4.90 Å². The topological polar surface area (TPSA) is 37.4 Å². The van der Waals surface area contributed by atoms with Gasteiger partial charge in [0.2, 0.25) is 5.91 Å². The fourth-order valence-corrected chi connectivity index (χ4v) is 2.80. The number of hydrogen-bond donors (Lipinski definition) is 0. The number of carbonyl (C=O) groups excluding carboxylic acids is 2. The van der Waals surface area contributed by atoms with Crippen LogP contribution in [0.15, 0.2) is 54.6 Å². The average molecular weight is 265 g/mol. The van der Waals surface area contributed by atoms with Crippen LogP contribution in [0.3, 0.4) is 0 Å². The number of nitrogens with zero attached hydrogens (tertiary/aromatic N) is 1. The molecule has 100 valence electrons. The Balaban J connectivity index is 2.14. The summed E-state index contributed by atoms with van der Waals surface area (Å²) in [4.78, 5) is 26.1. The van der Waals surface area contributed by atoms with E-state index in [2.05, 4.69) is 0 Å². The third kappa shape index (κ3) is 2.01. The first kappa shape index (κ1) is 12.6. The van der Waals surface area contributed by atoms with E-state index in [9.17, 15) is 9.59 Å². The van der Waals surface area contributed by atoms with E-state index in [0.717, 1.165) is 5.56 Å². The third-order valence-corrected chi connectivity index (χ3v) is 3.68. The molecular weight excluding hydrogens is 250 g/mol. The maximum Gasteiger partial charge on any atom is 0.224 e. The summed E-state index contributed by atoms with van der Waals surface area (Å²) in [5.74, 6) is 0.0470. The molecule has 1 amide bonds. The molecule has 0 saturated heterocycles. The van der Waals surface area contributed by atoms with Crippen molar-refractivity contribution in [3.8, 4) is 0 Å². The van der Waals surface area contributed by atoms with Crippen LogP contribution in [-0.2, 0) is 4.79 Å². The number of anilines is 1. The van der Waals surface area contributed by atoms with Crippen molar-refractivity contribution in [2.75, 3.05) is 4.90 Å². The molecule has 0 fully saturated rings. The zero-order valence-electron chi connectivity index (χ0n) is 11.2. The largest absolute Gasteiger partial charge is 0.304 e. The van der Waals surface area contributed by atoms with Gasteiger partial charge < -0.3 is 4.90 Å². The minimum atomic E-state index is -0.212. The quantitative estimate of drug-likeness (QED) is 0.792. The van der Waals surface area contributed by atoms with E-state index in [1.54, 1.807) is 17.9 Å². The van der Waals surface area contributed by atoms with Crippen molar-refractivity contribution < 1.29 is 9.59 Å². The van der Waals surface area contributed by atoms with Crippen molar-refractivity contribution in [1.82, 2.24) is 0 Å². The van der Waals surface area contributed by atoms with Crippen molar-refractivity contribution in [2.45, 2.75) is 19.4 Å². The van der Waals surface area contributed by atoms with Gasteiger partial charge in [-0.3, -0.25) is 9.59 Å². The zero-order valence-corrected chi connectivity index (χ0v) is 11.2. The molecule has 3 rings (SSSR count). The first-order chi connectivity index (χ1) is 9.68. The summed E-state index contributed by atoms with van der Waals surface area (Å²) < 4.78 is 0. The van der Waals surface area contributed by atoms with Crippen LogP contribution >= 0.6 is 0 Å². The van der Waals surface area contributed by atoms with Gasteiger partial charge in [-0.05, 0) is 17.7 Å². The number of amides is 1. The van der Waals surface area contributed by atoms with Crippen LogP contribution in [0, 0.1) is 0 Å². The lowest BCUT2D eigenvalue weighted by molar-refractivity contribution is -0.117. The molecule has 0 spiro atoms. The molecule has 0 aromatic heterocycles. The maximum atomic E-state index is 12.3. The third-order valence-electron chi connectivity index (χ3n) is 3.68. The Morgan fingerprint density at radius 2 is 1.70 bits per heavy atom. The van der Waals surface area contributed by atoms with E-state index in [1.807, 2.05) is 48.5 Å². The predicted octanol–water partition coefficient (Wildman–Crippen LogP) is 3.37. The number of hydrogen-bond acceptors (Lipinski definition) is 2. The summed E-state index contributed by atoms with van der Waals surface area (Å²) >= 11 is 0. The van der Waals surface area contributed by atoms with Gasteiger partial charge >= 0.3 is 0 Å². The van der Waals surface area contributed by atoms with Gasteiger partial charge in [-0.25, -0.2) is 0 Å². The highest BCUT2D eigenvalue weighted by molar-refractivity contribution is 6.09. The Hall–Kier alpha value is -2.42. The molecule has 0 bridgehead atoms. The summed E-state index contributed by atoms with van der Waals surface area (Å²) in [6.07, 6.45) is 0.334. The number of fused-ring (bicyclic) bond motifs is 1. The van der Waals surface area contributed by atoms with Crippen LogP contribution in [0.5, 0.6) is 0 Å². The van der Waals surface area contributed by atoms with E-state index < -0.39 is 0 Å². The van der Waals surface area contributed by atoms with Crippen molar-refractivity contribution in [3.63, 3.8) is 0 Å². The first-order valence-corrected chi connectivity index (χ1v) is 6.65. The summed E-state index contributed by atoms with van der Waals surface area (Å²) in [7, 11) is 0. The van der Waals surface area contributed by atoms with E-state index in [-0.39, 0.29) is 17.7 Å². The van der Waals surface area contributed by atoms with Crippen LogP contribution in [-0.4, -0.2) is 11.7 Å². The van der Waals surface area contributed by atoms with Gasteiger partial charge in [0.05, 0.1) is 11.7 Å². The molecule has 1 aliphatic heterocycles. The molecule has 0 radical (unpaired) electrons. The van der Waals surface area contributed by atoms with Gasteiger partial charge in [0.1, 0.15) is 0 Å². The SMILES string of the molecule is CC(=O)N1c2ccccc2C(=O)C[C@@H]1c1ccccc1. The molecule has 0 N–H and O–H groups in total. The number of ketones is 1. The Morgan fingerprint density at radius 1 is 1.05 bits per heavy atom. The standard InChI is InChI=1S/C17H15NO2/c1-12(19)18-15-10-6-5-9-14(15)17(20)11-16(18)13-7-3-2-4-8-13/h2-10,16H,11H2,1H3/t16-/m1/s1. The van der Waals surface area contributed by atoms with Crippen LogP contribution in [0.25, 0.3) is 0 Å². The molecule has 3 nitrogen and oxygen atoms in total. The normalized spacial score (nSPS) is 17.8. The summed E-state index contributed by atoms with van der Waals surface area (Å²) in [6.45, 7) is 1.54. The molecule has 20 heavy (non-hydrogen) atoms. The number of para-hydroxylation sites is 1. The van der Waals surface area contributed by atoms with E-state index in [4.69, 9.17) is 0 Å². The highest BCUT2D eigenvalue weighted by atomic mass is 16.2. The molecular formula is C17H15NO2. The summed E-state index contributed by atoms with van der Waals surface area (Å²) in [6, 6.07) is 16.8. The summed E-state index contributed by atoms with van der Waals surface area (Å²) in [5, 5.41) is 0. The van der Waals surface area contributed by atoms with Gasteiger partial charge in [-0.2, -0.15) is 0 Å². The predicted molar refractivity (Wildman–Crippen MR) is 77.7 cm³/mol. The van der Waals surface area contributed by atoms with Crippen LogP contribution in [0.4, 0.5) is 5.69 Å². The van der Waals surface area contributed by atoms with Crippen molar-refractivity contribution in [2.24, 2.45) is 0 Å². The second-order valence-corrected chi connectivity index (χ2v) is 4.96. The highest BCUT2D eigenvalue weighted by Gasteiger charge is 2.34. The lowest BCUT2D eigenvalue weighted by Gasteiger charge is -2.36. The Labute approximate surface area is 117 Å². The van der Waals surface area contributed by atoms with Gasteiger partial charge in [0.25, 0.3) is 0 Å². The first-order valence-electron chi connectivity index (χ1n) is 6.65. The van der Waals surface area contributed by atoms with E-state index in [0.29, 0.717) is 17.7 Å². The second-order valence-electron chi connectivity index (χ2n) is 4.96. The lowest BCUT2D eigenvalue weighted by Crippen LogP contribution is -2.38. The molecule has 0 saturated carbocycles. The minimum absolute atomic E-state index is 0.0428. The Bertz CT molecular complexity index is 664. The van der Waals surface area contributed by atoms with Gasteiger partial charge in [0.15, 0.2) is 5.78 Å². The molecule has 1 aliphatic rings. The van der Waals surface area contributed by atoms with E-state index >= 15 is 0 Å². The molecule has 0 aliphatic carbocycles. The van der Waals surface area contributed by atoms with Gasteiger partial charge in [0, 0.05) is 18.9 Å². The molecule has 2 aromatic rings. The van der Waals surface area contributed by atoms with E-state index in [1.165, 1.54) is 0 Å². The van der Waals surface area contributed by atoms with Gasteiger partial charge in [-0.1, -0.05) is 42.5 Å². The molecule has 1 heterocycles. The van der Waals surface area contributed by atoms with Crippen molar-refractivity contribution in [1.29, 1.82) is 0 Å². The van der Waals surface area contributed by atoms with Crippen LogP contribution in [0.2, 0.25) is 0 Å². The smallest absolute Gasteiger partial charge is 0.224 e.